The van der Waals surface area contributed by atoms with Gasteiger partial charge >= 0.3 is 6.18 Å². The fourth-order valence-corrected chi connectivity index (χ4v) is 2.34. The summed E-state index contributed by atoms with van der Waals surface area (Å²) in [6.45, 7) is 3.93. The number of rotatable bonds is 6. The lowest BCUT2D eigenvalue weighted by Crippen LogP contribution is -2.34. The van der Waals surface area contributed by atoms with Crippen LogP contribution in [0.1, 0.15) is 35.0 Å². The summed E-state index contributed by atoms with van der Waals surface area (Å²) >= 11 is 0. The zero-order valence-corrected chi connectivity index (χ0v) is 14.2. The number of hydrogen-bond acceptors (Lipinski definition) is 3. The van der Waals surface area contributed by atoms with Crippen LogP contribution in [0.25, 0.3) is 5.69 Å². The van der Waals surface area contributed by atoms with Crippen molar-refractivity contribution in [2.75, 3.05) is 13.7 Å². The summed E-state index contributed by atoms with van der Waals surface area (Å²) < 4.78 is 46.3. The van der Waals surface area contributed by atoms with Crippen molar-refractivity contribution in [2.24, 2.45) is 0 Å². The number of benzene rings is 1. The second-order valence-corrected chi connectivity index (χ2v) is 5.81. The van der Waals surface area contributed by atoms with Gasteiger partial charge in [-0.3, -0.25) is 4.79 Å². The number of carbonyl (C=O) groups is 1. The van der Waals surface area contributed by atoms with E-state index in [0.29, 0.717) is 13.0 Å². The molecule has 136 valence electrons. The summed E-state index contributed by atoms with van der Waals surface area (Å²) in [5.41, 5.74) is -0.441. The van der Waals surface area contributed by atoms with Crippen LogP contribution in [0, 0.1) is 6.92 Å². The molecular formula is C17H20F3N3O2. The monoisotopic (exact) mass is 355 g/mol. The SMILES string of the molecule is COCCC(C)NC(=O)c1cnn(-c2ccc(C)cc2)c1C(F)(F)F. The molecule has 5 nitrogen and oxygen atoms in total. The van der Waals surface area contributed by atoms with Gasteiger partial charge in [0.2, 0.25) is 0 Å². The lowest BCUT2D eigenvalue weighted by Gasteiger charge is -2.15. The lowest BCUT2D eigenvalue weighted by atomic mass is 10.1. The molecule has 25 heavy (non-hydrogen) atoms. The van der Waals surface area contributed by atoms with E-state index in [2.05, 4.69) is 10.4 Å². The molecule has 0 radical (unpaired) electrons. The highest BCUT2D eigenvalue weighted by Gasteiger charge is 2.40. The van der Waals surface area contributed by atoms with E-state index < -0.39 is 23.3 Å². The number of aryl methyl sites for hydroxylation is 1. The number of alkyl halides is 3. The summed E-state index contributed by atoms with van der Waals surface area (Å²) in [4.78, 5) is 12.3. The molecule has 2 aromatic rings. The zero-order valence-electron chi connectivity index (χ0n) is 14.2. The molecular weight excluding hydrogens is 335 g/mol. The molecule has 0 aliphatic rings. The number of methoxy groups -OCH3 is 1. The maximum absolute atomic E-state index is 13.5. The van der Waals surface area contributed by atoms with Gasteiger partial charge < -0.3 is 10.1 Å². The molecule has 0 fully saturated rings. The van der Waals surface area contributed by atoms with Crippen molar-refractivity contribution in [2.45, 2.75) is 32.5 Å². The summed E-state index contributed by atoms with van der Waals surface area (Å²) in [5, 5.41) is 6.33. The first kappa shape index (κ1) is 19.0. The predicted molar refractivity (Wildman–Crippen MR) is 86.7 cm³/mol. The maximum Gasteiger partial charge on any atom is 0.434 e. The van der Waals surface area contributed by atoms with Gasteiger partial charge in [-0.25, -0.2) is 4.68 Å². The third kappa shape index (κ3) is 4.60. The molecule has 1 N–H and O–H groups in total. The van der Waals surface area contributed by atoms with Crippen LogP contribution in [0.2, 0.25) is 0 Å². The van der Waals surface area contributed by atoms with Gasteiger partial charge in [0.15, 0.2) is 5.69 Å². The van der Waals surface area contributed by atoms with Gasteiger partial charge in [0.05, 0.1) is 17.4 Å². The Morgan fingerprint density at radius 3 is 2.52 bits per heavy atom. The second-order valence-electron chi connectivity index (χ2n) is 5.81. The molecule has 0 saturated carbocycles. The van der Waals surface area contributed by atoms with Crippen LogP contribution in [0.4, 0.5) is 13.2 Å². The number of halogens is 3. The van der Waals surface area contributed by atoms with Crippen LogP contribution in [-0.2, 0) is 10.9 Å². The van der Waals surface area contributed by atoms with Gasteiger partial charge in [-0.05, 0) is 32.4 Å². The Balaban J connectivity index is 2.36. The topological polar surface area (TPSA) is 56.1 Å². The van der Waals surface area contributed by atoms with Crippen molar-refractivity contribution in [1.29, 1.82) is 0 Å². The Bertz CT molecular complexity index is 724. The quantitative estimate of drug-likeness (QED) is 0.865. The minimum absolute atomic E-state index is 0.240. The Labute approximate surface area is 143 Å². The number of hydrogen-bond donors (Lipinski definition) is 1. The van der Waals surface area contributed by atoms with Crippen LogP contribution >= 0.6 is 0 Å². The largest absolute Gasteiger partial charge is 0.434 e. The van der Waals surface area contributed by atoms with Crippen LogP contribution < -0.4 is 5.32 Å². The molecule has 0 aliphatic carbocycles. The molecule has 1 atom stereocenters. The number of amides is 1. The number of nitrogens with one attached hydrogen (secondary N) is 1. The molecule has 1 heterocycles. The van der Waals surface area contributed by atoms with E-state index in [0.717, 1.165) is 16.4 Å². The minimum atomic E-state index is -4.72. The van der Waals surface area contributed by atoms with Gasteiger partial charge in [-0.15, -0.1) is 0 Å². The Hall–Kier alpha value is -2.35. The van der Waals surface area contributed by atoms with Crippen molar-refractivity contribution < 1.29 is 22.7 Å². The molecule has 0 aliphatic heterocycles. The number of ether oxygens (including phenoxy) is 1. The van der Waals surface area contributed by atoms with Crippen LogP contribution in [0.3, 0.4) is 0 Å². The highest BCUT2D eigenvalue weighted by atomic mass is 19.4. The number of nitrogens with zero attached hydrogens (tertiary/aromatic N) is 2. The van der Waals surface area contributed by atoms with Gasteiger partial charge in [0, 0.05) is 19.8 Å². The van der Waals surface area contributed by atoms with E-state index in [1.807, 2.05) is 6.92 Å². The molecule has 2 rings (SSSR count). The summed E-state index contributed by atoms with van der Waals surface area (Å²) in [6, 6.07) is 6.10. The van der Waals surface area contributed by atoms with E-state index in [-0.39, 0.29) is 11.7 Å². The smallest absolute Gasteiger partial charge is 0.385 e. The van der Waals surface area contributed by atoms with Crippen molar-refractivity contribution in [3.8, 4) is 5.69 Å². The van der Waals surface area contributed by atoms with Crippen molar-refractivity contribution >= 4 is 5.91 Å². The van der Waals surface area contributed by atoms with E-state index in [1.165, 1.54) is 19.2 Å². The predicted octanol–water partition coefficient (Wildman–Crippen LogP) is 3.35. The first-order valence-corrected chi connectivity index (χ1v) is 7.76. The Morgan fingerprint density at radius 2 is 1.96 bits per heavy atom. The first-order valence-electron chi connectivity index (χ1n) is 7.76. The number of aromatic nitrogens is 2. The third-order valence-corrected chi connectivity index (χ3v) is 3.69. The van der Waals surface area contributed by atoms with Crippen LogP contribution in [0.15, 0.2) is 30.5 Å². The fourth-order valence-electron chi connectivity index (χ4n) is 2.34. The van der Waals surface area contributed by atoms with Gasteiger partial charge in [-0.2, -0.15) is 18.3 Å². The molecule has 0 saturated heterocycles. The molecule has 0 spiro atoms. The lowest BCUT2D eigenvalue weighted by molar-refractivity contribution is -0.143. The van der Waals surface area contributed by atoms with Gasteiger partial charge in [0.1, 0.15) is 0 Å². The standard InChI is InChI=1S/C17H20F3N3O2/c1-11-4-6-13(7-5-11)23-15(17(18,19)20)14(10-21-23)16(24)22-12(2)8-9-25-3/h4-7,10,12H,8-9H2,1-3H3,(H,22,24). The van der Waals surface area contributed by atoms with Crippen molar-refractivity contribution in [1.82, 2.24) is 15.1 Å². The zero-order chi connectivity index (χ0) is 18.6. The first-order chi connectivity index (χ1) is 11.7. The van der Waals surface area contributed by atoms with Gasteiger partial charge in [-0.1, -0.05) is 17.7 Å². The molecule has 8 heteroatoms. The number of carbonyl (C=O) groups excluding carboxylic acids is 1. The minimum Gasteiger partial charge on any atom is -0.385 e. The normalized spacial score (nSPS) is 12.9. The molecule has 1 aromatic carbocycles. The van der Waals surface area contributed by atoms with Crippen LogP contribution in [0.5, 0.6) is 0 Å². The highest BCUT2D eigenvalue weighted by Crippen LogP contribution is 2.33. The molecule has 0 bridgehead atoms. The van der Waals surface area contributed by atoms with Crippen LogP contribution in [-0.4, -0.2) is 35.4 Å². The van der Waals surface area contributed by atoms with E-state index in [9.17, 15) is 18.0 Å². The van der Waals surface area contributed by atoms with Crippen molar-refractivity contribution in [3.05, 3.63) is 47.3 Å². The average Bonchev–Trinajstić information content (AvgIpc) is 2.99. The average molecular weight is 355 g/mol. The fraction of sp³-hybridized carbons (Fsp3) is 0.412. The molecule has 1 aromatic heterocycles. The van der Waals surface area contributed by atoms with E-state index in [1.54, 1.807) is 19.1 Å². The summed E-state index contributed by atoms with van der Waals surface area (Å²) in [7, 11) is 1.52. The van der Waals surface area contributed by atoms with E-state index >= 15 is 0 Å². The molecule has 1 amide bonds. The molecule has 1 unspecified atom stereocenters. The van der Waals surface area contributed by atoms with Crippen molar-refractivity contribution in [3.63, 3.8) is 0 Å². The highest BCUT2D eigenvalue weighted by molar-refractivity contribution is 5.95. The Kier molecular flexibility index (Phi) is 5.84. The Morgan fingerprint density at radius 1 is 1.32 bits per heavy atom. The second kappa shape index (κ2) is 7.69. The maximum atomic E-state index is 13.5. The third-order valence-electron chi connectivity index (χ3n) is 3.69. The van der Waals surface area contributed by atoms with Gasteiger partial charge in [0.25, 0.3) is 5.91 Å². The summed E-state index contributed by atoms with van der Waals surface area (Å²) in [6.07, 6.45) is -3.28. The van der Waals surface area contributed by atoms with E-state index in [4.69, 9.17) is 4.74 Å². The summed E-state index contributed by atoms with van der Waals surface area (Å²) in [5.74, 6) is -0.811.